The summed E-state index contributed by atoms with van der Waals surface area (Å²) in [6.45, 7) is 3.95. The van der Waals surface area contributed by atoms with Gasteiger partial charge < -0.3 is 19.4 Å². The molecule has 0 aliphatic heterocycles. The molecule has 8 nitrogen and oxygen atoms in total. The Balaban J connectivity index is 1.62. The van der Waals surface area contributed by atoms with Crippen molar-refractivity contribution in [3.63, 3.8) is 0 Å². The Labute approximate surface area is 214 Å². The molecule has 0 aliphatic carbocycles. The Bertz CT molecular complexity index is 1460. The van der Waals surface area contributed by atoms with Crippen LogP contribution in [0.5, 0.6) is 0 Å². The number of aromatic nitrogens is 2. The fourth-order valence-electron chi connectivity index (χ4n) is 4.38. The molecule has 2 aromatic heterocycles. The zero-order valence-electron chi connectivity index (χ0n) is 20.7. The largest absolute Gasteiger partial charge is 0.481 e. The number of hydrogen-bond donors (Lipinski definition) is 2. The number of ether oxygens (including phenoxy) is 1. The monoisotopic (exact) mass is 500 g/mol. The minimum atomic E-state index is -1.19. The third-order valence-corrected chi connectivity index (χ3v) is 6.24. The Morgan fingerprint density at radius 2 is 1.78 bits per heavy atom. The molecule has 0 fully saturated rings. The lowest BCUT2D eigenvalue weighted by Gasteiger charge is -2.17. The number of carboxylic acid groups (broad SMARTS) is 2. The van der Waals surface area contributed by atoms with E-state index < -0.39 is 30.2 Å². The molecule has 0 radical (unpaired) electrons. The molecule has 0 aliphatic rings. The van der Waals surface area contributed by atoms with Crippen LogP contribution in [0.25, 0.3) is 16.8 Å². The molecule has 4 aromatic rings. The highest BCUT2D eigenvalue weighted by Gasteiger charge is 2.27. The van der Waals surface area contributed by atoms with Gasteiger partial charge in [0.25, 0.3) is 0 Å². The van der Waals surface area contributed by atoms with Crippen LogP contribution < -0.4 is 0 Å². The van der Waals surface area contributed by atoms with E-state index in [4.69, 9.17) is 4.74 Å². The number of carboxylic acids is 2. The first-order chi connectivity index (χ1) is 17.8. The van der Waals surface area contributed by atoms with E-state index in [9.17, 15) is 24.6 Å². The summed E-state index contributed by atoms with van der Waals surface area (Å²) in [4.78, 5) is 41.4. The molecular weight excluding hydrogens is 472 g/mol. The first-order valence-electron chi connectivity index (χ1n) is 12.1. The highest BCUT2D eigenvalue weighted by molar-refractivity contribution is 5.97. The second kappa shape index (κ2) is 11.1. The maximum atomic E-state index is 13.1. The van der Waals surface area contributed by atoms with Crippen molar-refractivity contribution in [2.75, 3.05) is 0 Å². The van der Waals surface area contributed by atoms with E-state index in [1.165, 1.54) is 6.07 Å². The van der Waals surface area contributed by atoms with Gasteiger partial charge in [-0.15, -0.1) is 0 Å². The first kappa shape index (κ1) is 25.6. The molecule has 0 amide bonds. The summed E-state index contributed by atoms with van der Waals surface area (Å²) >= 11 is 0. The number of benzene rings is 2. The Morgan fingerprint density at radius 3 is 2.46 bits per heavy atom. The average molecular weight is 501 g/mol. The minimum Gasteiger partial charge on any atom is -0.481 e. The van der Waals surface area contributed by atoms with Gasteiger partial charge in [-0.25, -0.2) is 9.78 Å². The van der Waals surface area contributed by atoms with E-state index in [2.05, 4.69) is 11.9 Å². The van der Waals surface area contributed by atoms with Crippen molar-refractivity contribution in [3.8, 4) is 11.1 Å². The number of fused-ring (bicyclic) bond motifs is 1. The lowest BCUT2D eigenvalue weighted by atomic mass is 9.90. The Hall–Kier alpha value is -4.46. The molecule has 0 saturated heterocycles. The topological polar surface area (TPSA) is 118 Å². The number of aryl methyl sites for hydroxylation is 2. The van der Waals surface area contributed by atoms with Gasteiger partial charge in [0.2, 0.25) is 0 Å². The van der Waals surface area contributed by atoms with Gasteiger partial charge in [-0.2, -0.15) is 0 Å². The van der Waals surface area contributed by atoms with Crippen LogP contribution in [0.15, 0.2) is 66.9 Å². The van der Waals surface area contributed by atoms with Crippen LogP contribution in [0.1, 0.15) is 58.6 Å². The van der Waals surface area contributed by atoms with Gasteiger partial charge in [-0.05, 0) is 47.7 Å². The predicted molar refractivity (Wildman–Crippen MR) is 138 cm³/mol. The minimum absolute atomic E-state index is 0.0194. The molecule has 4 rings (SSSR count). The SMILES string of the molecule is CCCc1cn2c(COC(=O)C(CC(=O)O)c3ccc(-c4ccccc4)c(C(=O)O)c3)ccc(C)c2n1. The number of aliphatic carboxylic acids is 1. The van der Waals surface area contributed by atoms with Gasteiger partial charge in [-0.3, -0.25) is 9.59 Å². The van der Waals surface area contributed by atoms with Crippen LogP contribution in [0.2, 0.25) is 0 Å². The van der Waals surface area contributed by atoms with E-state index in [1.807, 2.05) is 35.7 Å². The van der Waals surface area contributed by atoms with Gasteiger partial charge >= 0.3 is 17.9 Å². The van der Waals surface area contributed by atoms with Gasteiger partial charge in [0, 0.05) is 6.20 Å². The summed E-state index contributed by atoms with van der Waals surface area (Å²) in [6.07, 6.45) is 3.17. The fourth-order valence-corrected chi connectivity index (χ4v) is 4.38. The van der Waals surface area contributed by atoms with Crippen molar-refractivity contribution in [2.24, 2.45) is 0 Å². The number of hydrogen-bond acceptors (Lipinski definition) is 5. The zero-order valence-corrected chi connectivity index (χ0v) is 20.7. The maximum Gasteiger partial charge on any atom is 0.336 e. The average Bonchev–Trinajstić information content (AvgIpc) is 3.32. The summed E-state index contributed by atoms with van der Waals surface area (Å²) in [5.41, 5.74) is 4.83. The standard InChI is InChI=1S/C29H28N2O6/c1-3-7-21-16-31-22(12-10-18(2)27(31)30-21)17-37-29(36)24(15-26(32)33)20-11-13-23(25(14-20)28(34)35)19-8-5-4-6-9-19/h4-6,8-14,16,24H,3,7,15,17H2,1-2H3,(H,32,33)(H,34,35). The lowest BCUT2D eigenvalue weighted by Crippen LogP contribution is -2.20. The number of carbonyl (C=O) groups is 3. The van der Waals surface area contributed by atoms with Crippen molar-refractivity contribution < 1.29 is 29.3 Å². The van der Waals surface area contributed by atoms with Crippen molar-refractivity contribution in [2.45, 2.75) is 45.6 Å². The number of imidazole rings is 1. The number of rotatable bonds is 10. The van der Waals surface area contributed by atoms with Gasteiger partial charge in [0.1, 0.15) is 12.3 Å². The second-order valence-corrected chi connectivity index (χ2v) is 8.92. The third-order valence-electron chi connectivity index (χ3n) is 6.24. The molecule has 8 heteroatoms. The van der Waals surface area contributed by atoms with Crippen molar-refractivity contribution in [1.29, 1.82) is 0 Å². The molecule has 1 atom stereocenters. The highest BCUT2D eigenvalue weighted by Crippen LogP contribution is 2.30. The quantitative estimate of drug-likeness (QED) is 0.285. The normalized spacial score (nSPS) is 11.8. The van der Waals surface area contributed by atoms with Crippen LogP contribution in [-0.2, 0) is 27.4 Å². The molecule has 37 heavy (non-hydrogen) atoms. The molecule has 0 bridgehead atoms. The number of pyridine rings is 1. The van der Waals surface area contributed by atoms with Crippen molar-refractivity contribution in [1.82, 2.24) is 9.38 Å². The first-order valence-corrected chi connectivity index (χ1v) is 12.1. The van der Waals surface area contributed by atoms with E-state index in [0.717, 1.165) is 29.7 Å². The maximum absolute atomic E-state index is 13.1. The smallest absolute Gasteiger partial charge is 0.336 e. The summed E-state index contributed by atoms with van der Waals surface area (Å²) < 4.78 is 7.47. The molecule has 2 N–H and O–H groups in total. The van der Waals surface area contributed by atoms with Crippen LogP contribution >= 0.6 is 0 Å². The van der Waals surface area contributed by atoms with E-state index in [-0.39, 0.29) is 17.7 Å². The number of nitrogens with zero attached hydrogens (tertiary/aromatic N) is 2. The van der Waals surface area contributed by atoms with Crippen LogP contribution in [0.3, 0.4) is 0 Å². The van der Waals surface area contributed by atoms with Crippen molar-refractivity contribution in [3.05, 3.63) is 94.9 Å². The summed E-state index contributed by atoms with van der Waals surface area (Å²) in [5.74, 6) is -4.27. The molecular formula is C29H28N2O6. The van der Waals surface area contributed by atoms with Crippen LogP contribution in [0.4, 0.5) is 0 Å². The van der Waals surface area contributed by atoms with E-state index in [0.29, 0.717) is 16.8 Å². The Morgan fingerprint density at radius 1 is 1.03 bits per heavy atom. The number of esters is 1. The summed E-state index contributed by atoms with van der Waals surface area (Å²) in [6, 6.07) is 17.3. The second-order valence-electron chi connectivity index (χ2n) is 8.92. The predicted octanol–water partition coefficient (Wildman–Crippen LogP) is 5.26. The molecule has 190 valence electrons. The highest BCUT2D eigenvalue weighted by atomic mass is 16.5. The van der Waals surface area contributed by atoms with Crippen LogP contribution in [0, 0.1) is 6.92 Å². The third kappa shape index (κ3) is 5.69. The molecule has 2 heterocycles. The molecule has 0 saturated carbocycles. The fraction of sp³-hybridized carbons (Fsp3) is 0.241. The zero-order chi connectivity index (χ0) is 26.5. The molecule has 1 unspecified atom stereocenters. The molecule has 2 aromatic carbocycles. The van der Waals surface area contributed by atoms with Crippen LogP contribution in [-0.4, -0.2) is 37.5 Å². The van der Waals surface area contributed by atoms with Gasteiger partial charge in [0.15, 0.2) is 0 Å². The Kier molecular flexibility index (Phi) is 7.67. The van der Waals surface area contributed by atoms with E-state index in [1.54, 1.807) is 36.4 Å². The van der Waals surface area contributed by atoms with Crippen molar-refractivity contribution >= 4 is 23.6 Å². The number of aromatic carboxylic acids is 1. The van der Waals surface area contributed by atoms with E-state index >= 15 is 0 Å². The molecule has 0 spiro atoms. The lowest BCUT2D eigenvalue weighted by molar-refractivity contribution is -0.150. The number of carbonyl (C=O) groups excluding carboxylic acids is 1. The van der Waals surface area contributed by atoms with Gasteiger partial charge in [0.05, 0.1) is 29.3 Å². The summed E-state index contributed by atoms with van der Waals surface area (Å²) in [7, 11) is 0. The van der Waals surface area contributed by atoms with Gasteiger partial charge in [-0.1, -0.05) is 61.9 Å². The summed E-state index contributed by atoms with van der Waals surface area (Å²) in [5, 5.41) is 19.3.